The summed E-state index contributed by atoms with van der Waals surface area (Å²) in [7, 11) is -0.967. The molecule has 2 aliphatic rings. The highest BCUT2D eigenvalue weighted by atomic mass is 16.5. The van der Waals surface area contributed by atoms with Gasteiger partial charge in [0.1, 0.15) is 5.56 Å². The summed E-state index contributed by atoms with van der Waals surface area (Å²) in [6, 6.07) is 7.39. The Kier molecular flexibility index (Phi) is 4.57. The number of carbonyl (C=O) groups is 1. The van der Waals surface area contributed by atoms with Gasteiger partial charge < -0.3 is 25.5 Å². The molecule has 0 bridgehead atoms. The second-order valence-corrected chi connectivity index (χ2v) is 6.60. The van der Waals surface area contributed by atoms with Crippen LogP contribution in [0, 0.1) is 17.2 Å². The van der Waals surface area contributed by atoms with Crippen LogP contribution in [0.1, 0.15) is 28.4 Å². The molecule has 2 aliphatic heterocycles. The minimum atomic E-state index is -0.967. The van der Waals surface area contributed by atoms with E-state index in [2.05, 4.69) is 16.5 Å². The summed E-state index contributed by atoms with van der Waals surface area (Å²) in [5, 5.41) is 26.7. The topological polar surface area (TPSA) is 135 Å². The van der Waals surface area contributed by atoms with Crippen molar-refractivity contribution in [1.82, 2.24) is 9.78 Å². The number of nitrogens with one attached hydrogen (secondary N) is 1. The highest BCUT2D eigenvalue weighted by Crippen LogP contribution is 2.28. The third kappa shape index (κ3) is 3.28. The number of fused-ring (bicyclic) bond motifs is 1. The third-order valence-corrected chi connectivity index (χ3v) is 4.90. The number of amides is 1. The van der Waals surface area contributed by atoms with Crippen LogP contribution in [-0.4, -0.2) is 41.0 Å². The SMILES string of the molecule is N#C[C@H]1CCOC[C@@H]1n1cc(C(N)=O)c(Nc2ccc3c(c2)B(O)OC3)n1. The van der Waals surface area contributed by atoms with Gasteiger partial charge >= 0.3 is 7.12 Å². The summed E-state index contributed by atoms with van der Waals surface area (Å²) >= 11 is 0. The van der Waals surface area contributed by atoms with Crippen LogP contribution in [0.4, 0.5) is 11.5 Å². The van der Waals surface area contributed by atoms with Crippen LogP contribution < -0.4 is 16.5 Å². The summed E-state index contributed by atoms with van der Waals surface area (Å²) in [4.78, 5) is 11.9. The van der Waals surface area contributed by atoms with Crippen LogP contribution in [0.15, 0.2) is 24.4 Å². The van der Waals surface area contributed by atoms with Gasteiger partial charge in [-0.15, -0.1) is 0 Å². The van der Waals surface area contributed by atoms with Gasteiger partial charge in [-0.25, -0.2) is 0 Å². The molecule has 0 spiro atoms. The zero-order valence-corrected chi connectivity index (χ0v) is 14.5. The minimum absolute atomic E-state index is 0.217. The first-order valence-corrected chi connectivity index (χ1v) is 8.62. The van der Waals surface area contributed by atoms with E-state index in [1.54, 1.807) is 16.9 Å². The van der Waals surface area contributed by atoms with Crippen molar-refractivity contribution in [2.45, 2.75) is 19.1 Å². The number of hydrogen-bond acceptors (Lipinski definition) is 7. The van der Waals surface area contributed by atoms with Gasteiger partial charge in [0.15, 0.2) is 5.82 Å². The second-order valence-electron chi connectivity index (χ2n) is 6.60. The summed E-state index contributed by atoms with van der Waals surface area (Å²) in [6.07, 6.45) is 2.15. The molecule has 9 nitrogen and oxygen atoms in total. The summed E-state index contributed by atoms with van der Waals surface area (Å²) < 4.78 is 12.2. The van der Waals surface area contributed by atoms with E-state index in [-0.39, 0.29) is 23.3 Å². The number of ether oxygens (including phenoxy) is 1. The predicted octanol–water partition coefficient (Wildman–Crippen LogP) is 0.0445. The normalized spacial score (nSPS) is 21.6. The fraction of sp³-hybridized carbons (Fsp3) is 0.353. The number of benzene rings is 1. The predicted molar refractivity (Wildman–Crippen MR) is 96.4 cm³/mol. The van der Waals surface area contributed by atoms with Crippen molar-refractivity contribution in [2.75, 3.05) is 18.5 Å². The van der Waals surface area contributed by atoms with Crippen LogP contribution in [0.5, 0.6) is 0 Å². The Morgan fingerprint density at radius 1 is 1.52 bits per heavy atom. The molecule has 1 aromatic heterocycles. The van der Waals surface area contributed by atoms with Gasteiger partial charge in [0.2, 0.25) is 0 Å². The maximum Gasteiger partial charge on any atom is 0.491 e. The standard InChI is InChI=1S/C17H18BN5O4/c19-6-10-3-4-26-9-15(10)23-7-13(16(20)24)17(22-23)21-12-2-1-11-8-27-18(25)14(11)5-12/h1-2,5,7,10,15,25H,3-4,8-9H2,(H2,20,24)(H,21,22)/t10-,15+/m1/s1. The van der Waals surface area contributed by atoms with E-state index in [0.29, 0.717) is 37.4 Å². The van der Waals surface area contributed by atoms with Crippen molar-refractivity contribution in [3.05, 3.63) is 35.5 Å². The van der Waals surface area contributed by atoms with E-state index < -0.39 is 13.0 Å². The van der Waals surface area contributed by atoms with Gasteiger partial charge in [0, 0.05) is 18.5 Å². The lowest BCUT2D eigenvalue weighted by Gasteiger charge is -2.26. The Hall–Kier alpha value is -2.87. The van der Waals surface area contributed by atoms with Gasteiger partial charge in [-0.05, 0) is 29.6 Å². The molecule has 0 saturated carbocycles. The zero-order chi connectivity index (χ0) is 19.0. The Bertz CT molecular complexity index is 925. The van der Waals surface area contributed by atoms with E-state index >= 15 is 0 Å². The number of nitrogens with two attached hydrogens (primary N) is 1. The molecule has 1 aromatic carbocycles. The largest absolute Gasteiger partial charge is 0.491 e. The lowest BCUT2D eigenvalue weighted by atomic mass is 9.79. The third-order valence-electron chi connectivity index (χ3n) is 4.90. The van der Waals surface area contributed by atoms with Gasteiger partial charge in [-0.2, -0.15) is 10.4 Å². The van der Waals surface area contributed by atoms with Crippen molar-refractivity contribution < 1.29 is 19.2 Å². The average Bonchev–Trinajstić information content (AvgIpc) is 3.26. The first-order valence-electron chi connectivity index (χ1n) is 8.62. The molecule has 4 rings (SSSR count). The molecule has 2 atom stereocenters. The maximum absolute atomic E-state index is 11.9. The van der Waals surface area contributed by atoms with E-state index in [1.807, 2.05) is 12.1 Å². The second kappa shape index (κ2) is 7.04. The number of primary amides is 1. The number of nitriles is 1. The Morgan fingerprint density at radius 3 is 3.15 bits per heavy atom. The molecular weight excluding hydrogens is 349 g/mol. The van der Waals surface area contributed by atoms with Crippen LogP contribution in [0.3, 0.4) is 0 Å². The summed E-state index contributed by atoms with van der Waals surface area (Å²) in [6.45, 7) is 1.23. The Balaban J connectivity index is 1.65. The fourth-order valence-corrected chi connectivity index (χ4v) is 3.40. The smallest absolute Gasteiger partial charge is 0.423 e. The van der Waals surface area contributed by atoms with Crippen molar-refractivity contribution in [3.63, 3.8) is 0 Å². The number of nitrogens with zero attached hydrogens (tertiary/aromatic N) is 3. The van der Waals surface area contributed by atoms with E-state index in [0.717, 1.165) is 5.56 Å². The monoisotopic (exact) mass is 367 g/mol. The van der Waals surface area contributed by atoms with Crippen molar-refractivity contribution >= 4 is 30.0 Å². The molecule has 10 heteroatoms. The van der Waals surface area contributed by atoms with Crippen molar-refractivity contribution in [2.24, 2.45) is 11.7 Å². The number of rotatable bonds is 4. The zero-order valence-electron chi connectivity index (χ0n) is 14.5. The van der Waals surface area contributed by atoms with E-state index in [4.69, 9.17) is 15.1 Å². The van der Waals surface area contributed by atoms with Gasteiger partial charge in [0.25, 0.3) is 5.91 Å². The molecule has 0 aliphatic carbocycles. The van der Waals surface area contributed by atoms with Crippen LogP contribution in [0.2, 0.25) is 0 Å². The first kappa shape index (κ1) is 17.5. The average molecular weight is 367 g/mol. The summed E-state index contributed by atoms with van der Waals surface area (Å²) in [5.74, 6) is -0.587. The summed E-state index contributed by atoms with van der Waals surface area (Å²) in [5.41, 5.74) is 7.94. The quantitative estimate of drug-likeness (QED) is 0.650. The molecule has 138 valence electrons. The maximum atomic E-state index is 11.9. The lowest BCUT2D eigenvalue weighted by molar-refractivity contribution is 0.0342. The number of hydrogen-bond donors (Lipinski definition) is 3. The van der Waals surface area contributed by atoms with Gasteiger partial charge in [0.05, 0.1) is 31.2 Å². The van der Waals surface area contributed by atoms with Crippen LogP contribution >= 0.6 is 0 Å². The molecule has 2 aromatic rings. The number of carbonyl (C=O) groups excluding carboxylic acids is 1. The molecule has 27 heavy (non-hydrogen) atoms. The molecule has 3 heterocycles. The molecule has 4 N–H and O–H groups in total. The first-order chi connectivity index (χ1) is 13.1. The molecule has 1 saturated heterocycles. The van der Waals surface area contributed by atoms with Crippen molar-refractivity contribution in [1.29, 1.82) is 5.26 Å². The highest BCUT2D eigenvalue weighted by molar-refractivity contribution is 6.61. The van der Waals surface area contributed by atoms with Crippen LogP contribution in [-0.2, 0) is 16.0 Å². The molecule has 1 fully saturated rings. The van der Waals surface area contributed by atoms with Gasteiger partial charge in [-0.1, -0.05) is 6.07 Å². The molecular formula is C17H18BN5O4. The molecule has 1 amide bonds. The van der Waals surface area contributed by atoms with Gasteiger partial charge in [-0.3, -0.25) is 9.48 Å². The number of anilines is 2. The Morgan fingerprint density at radius 2 is 2.37 bits per heavy atom. The number of aromatic nitrogens is 2. The molecule has 0 radical (unpaired) electrons. The van der Waals surface area contributed by atoms with E-state index in [1.165, 1.54) is 0 Å². The van der Waals surface area contributed by atoms with Crippen LogP contribution in [0.25, 0.3) is 0 Å². The highest BCUT2D eigenvalue weighted by Gasteiger charge is 2.30. The Labute approximate surface area is 155 Å². The van der Waals surface area contributed by atoms with Crippen molar-refractivity contribution in [3.8, 4) is 6.07 Å². The fourth-order valence-electron chi connectivity index (χ4n) is 3.40. The molecule has 0 unspecified atom stereocenters. The lowest BCUT2D eigenvalue weighted by Crippen LogP contribution is -2.29. The van der Waals surface area contributed by atoms with E-state index in [9.17, 15) is 15.1 Å². The minimum Gasteiger partial charge on any atom is -0.423 e.